The van der Waals surface area contributed by atoms with Crippen molar-refractivity contribution in [3.8, 4) is 11.5 Å². The molecule has 88 valence electrons. The number of ether oxygens (including phenoxy) is 2. The van der Waals surface area contributed by atoms with E-state index in [1.807, 2.05) is 20.0 Å². The monoisotopic (exact) mass is 221 g/mol. The normalized spacial score (nSPS) is 16.9. The van der Waals surface area contributed by atoms with Gasteiger partial charge in [-0.2, -0.15) is 0 Å². The van der Waals surface area contributed by atoms with Gasteiger partial charge in [-0.1, -0.05) is 6.07 Å². The molecule has 0 atom stereocenters. The number of hydrogen-bond acceptors (Lipinski definition) is 3. The van der Waals surface area contributed by atoms with Gasteiger partial charge in [-0.05, 0) is 44.5 Å². The molecule has 3 heteroatoms. The predicted molar refractivity (Wildman–Crippen MR) is 64.1 cm³/mol. The maximum absolute atomic E-state index is 5.58. The summed E-state index contributed by atoms with van der Waals surface area (Å²) in [7, 11) is 3.68. The van der Waals surface area contributed by atoms with Crippen LogP contribution < -0.4 is 14.8 Å². The minimum Gasteiger partial charge on any atom is -0.493 e. The second-order valence-corrected chi connectivity index (χ2v) is 4.13. The molecule has 0 aromatic heterocycles. The minimum atomic E-state index is 0.179. The van der Waals surface area contributed by atoms with Crippen LogP contribution in [0.5, 0.6) is 11.5 Å². The lowest BCUT2D eigenvalue weighted by atomic mass is 10.0. The van der Waals surface area contributed by atoms with Crippen LogP contribution in [0.25, 0.3) is 0 Å². The van der Waals surface area contributed by atoms with E-state index in [1.54, 1.807) is 7.11 Å². The maximum atomic E-state index is 5.58. The van der Waals surface area contributed by atoms with Crippen LogP contribution in [-0.2, 0) is 5.54 Å². The lowest BCUT2D eigenvalue weighted by Crippen LogP contribution is -2.24. The van der Waals surface area contributed by atoms with Crippen LogP contribution in [-0.4, -0.2) is 20.8 Å². The van der Waals surface area contributed by atoms with Crippen molar-refractivity contribution in [2.75, 3.05) is 20.8 Å². The predicted octanol–water partition coefficient (Wildman–Crippen LogP) is 2.30. The Labute approximate surface area is 96.8 Å². The molecule has 0 heterocycles. The fourth-order valence-corrected chi connectivity index (χ4v) is 2.05. The second-order valence-electron chi connectivity index (χ2n) is 4.13. The van der Waals surface area contributed by atoms with Crippen molar-refractivity contribution >= 4 is 0 Å². The zero-order chi connectivity index (χ0) is 11.6. The molecule has 2 rings (SSSR count). The van der Waals surface area contributed by atoms with E-state index in [4.69, 9.17) is 9.47 Å². The molecule has 1 aromatic carbocycles. The first-order valence-corrected chi connectivity index (χ1v) is 5.76. The molecule has 0 bridgehead atoms. The molecule has 1 saturated carbocycles. The smallest absolute Gasteiger partial charge is 0.161 e. The first-order chi connectivity index (χ1) is 7.75. The molecule has 1 aliphatic rings. The average molecular weight is 221 g/mol. The third kappa shape index (κ3) is 1.87. The Morgan fingerprint density at radius 3 is 2.56 bits per heavy atom. The minimum absolute atomic E-state index is 0.179. The molecule has 0 radical (unpaired) electrons. The van der Waals surface area contributed by atoms with Gasteiger partial charge in [-0.25, -0.2) is 0 Å². The van der Waals surface area contributed by atoms with Crippen molar-refractivity contribution in [3.05, 3.63) is 23.8 Å². The number of rotatable bonds is 5. The molecular weight excluding hydrogens is 202 g/mol. The van der Waals surface area contributed by atoms with Crippen LogP contribution in [0.4, 0.5) is 0 Å². The van der Waals surface area contributed by atoms with E-state index in [1.165, 1.54) is 18.4 Å². The zero-order valence-electron chi connectivity index (χ0n) is 10.2. The molecule has 16 heavy (non-hydrogen) atoms. The molecule has 1 aliphatic carbocycles. The van der Waals surface area contributed by atoms with E-state index in [0.29, 0.717) is 6.61 Å². The standard InChI is InChI=1S/C13H19NO2/c1-4-16-12-9-10(5-6-11(12)15-3)13(14-2)7-8-13/h5-6,9,14H,4,7-8H2,1-3H3. The van der Waals surface area contributed by atoms with E-state index in [2.05, 4.69) is 17.4 Å². The Balaban J connectivity index is 2.31. The molecule has 0 saturated heterocycles. The average Bonchev–Trinajstić information content (AvgIpc) is 3.10. The van der Waals surface area contributed by atoms with Crippen LogP contribution in [0.1, 0.15) is 25.3 Å². The summed E-state index contributed by atoms with van der Waals surface area (Å²) in [6.07, 6.45) is 2.39. The van der Waals surface area contributed by atoms with Crippen molar-refractivity contribution in [1.29, 1.82) is 0 Å². The van der Waals surface area contributed by atoms with E-state index in [0.717, 1.165) is 11.5 Å². The largest absolute Gasteiger partial charge is 0.493 e. The number of hydrogen-bond donors (Lipinski definition) is 1. The third-order valence-electron chi connectivity index (χ3n) is 3.24. The molecule has 0 aliphatic heterocycles. The first-order valence-electron chi connectivity index (χ1n) is 5.76. The van der Waals surface area contributed by atoms with Gasteiger partial charge in [-0.3, -0.25) is 0 Å². The Hall–Kier alpha value is -1.22. The highest BCUT2D eigenvalue weighted by molar-refractivity contribution is 5.46. The van der Waals surface area contributed by atoms with E-state index in [-0.39, 0.29) is 5.54 Å². The van der Waals surface area contributed by atoms with Gasteiger partial charge >= 0.3 is 0 Å². The van der Waals surface area contributed by atoms with Crippen LogP contribution in [0, 0.1) is 0 Å². The number of methoxy groups -OCH3 is 1. The zero-order valence-corrected chi connectivity index (χ0v) is 10.2. The van der Waals surface area contributed by atoms with Crippen molar-refractivity contribution in [1.82, 2.24) is 5.32 Å². The quantitative estimate of drug-likeness (QED) is 0.827. The summed E-state index contributed by atoms with van der Waals surface area (Å²) in [6.45, 7) is 2.64. The summed E-state index contributed by atoms with van der Waals surface area (Å²) in [6, 6.07) is 6.19. The van der Waals surface area contributed by atoms with Gasteiger partial charge < -0.3 is 14.8 Å². The number of benzene rings is 1. The summed E-state index contributed by atoms with van der Waals surface area (Å²) in [4.78, 5) is 0. The van der Waals surface area contributed by atoms with E-state index >= 15 is 0 Å². The Kier molecular flexibility index (Phi) is 3.06. The van der Waals surface area contributed by atoms with Crippen LogP contribution in [0.2, 0.25) is 0 Å². The molecular formula is C13H19NO2. The van der Waals surface area contributed by atoms with Gasteiger partial charge in [0.05, 0.1) is 13.7 Å². The highest BCUT2D eigenvalue weighted by atomic mass is 16.5. The molecule has 0 spiro atoms. The third-order valence-corrected chi connectivity index (χ3v) is 3.24. The van der Waals surface area contributed by atoms with Crippen LogP contribution in [0.15, 0.2) is 18.2 Å². The number of nitrogens with one attached hydrogen (secondary N) is 1. The molecule has 1 N–H and O–H groups in total. The van der Waals surface area contributed by atoms with E-state index in [9.17, 15) is 0 Å². The Morgan fingerprint density at radius 2 is 2.06 bits per heavy atom. The lowest BCUT2D eigenvalue weighted by molar-refractivity contribution is 0.310. The lowest BCUT2D eigenvalue weighted by Gasteiger charge is -2.17. The summed E-state index contributed by atoms with van der Waals surface area (Å²) < 4.78 is 10.9. The Bertz CT molecular complexity index is 372. The Morgan fingerprint density at radius 1 is 1.31 bits per heavy atom. The highest BCUT2D eigenvalue weighted by Crippen LogP contribution is 2.47. The second kappa shape index (κ2) is 4.34. The van der Waals surface area contributed by atoms with Gasteiger partial charge in [0.15, 0.2) is 11.5 Å². The molecule has 1 aromatic rings. The van der Waals surface area contributed by atoms with E-state index < -0.39 is 0 Å². The fraction of sp³-hybridized carbons (Fsp3) is 0.538. The van der Waals surface area contributed by atoms with Gasteiger partial charge in [0.25, 0.3) is 0 Å². The van der Waals surface area contributed by atoms with Gasteiger partial charge in [0, 0.05) is 5.54 Å². The highest BCUT2D eigenvalue weighted by Gasteiger charge is 2.43. The summed E-state index contributed by atoms with van der Waals surface area (Å²) in [5.74, 6) is 1.64. The molecule has 0 unspecified atom stereocenters. The van der Waals surface area contributed by atoms with Crippen LogP contribution in [0.3, 0.4) is 0 Å². The van der Waals surface area contributed by atoms with Crippen molar-refractivity contribution in [3.63, 3.8) is 0 Å². The van der Waals surface area contributed by atoms with Crippen LogP contribution >= 0.6 is 0 Å². The summed E-state index contributed by atoms with van der Waals surface area (Å²) in [5, 5.41) is 3.38. The van der Waals surface area contributed by atoms with Crippen molar-refractivity contribution in [2.45, 2.75) is 25.3 Å². The summed E-state index contributed by atoms with van der Waals surface area (Å²) in [5.41, 5.74) is 1.47. The molecule has 0 amide bonds. The SMILES string of the molecule is CCOc1cc(C2(NC)CC2)ccc1OC. The molecule has 3 nitrogen and oxygen atoms in total. The van der Waals surface area contributed by atoms with Gasteiger partial charge in [-0.15, -0.1) is 0 Å². The van der Waals surface area contributed by atoms with Crippen molar-refractivity contribution < 1.29 is 9.47 Å². The maximum Gasteiger partial charge on any atom is 0.161 e. The first kappa shape index (κ1) is 11.3. The van der Waals surface area contributed by atoms with Gasteiger partial charge in [0.2, 0.25) is 0 Å². The molecule has 1 fully saturated rings. The van der Waals surface area contributed by atoms with Gasteiger partial charge in [0.1, 0.15) is 0 Å². The topological polar surface area (TPSA) is 30.5 Å². The van der Waals surface area contributed by atoms with Crippen molar-refractivity contribution in [2.24, 2.45) is 0 Å². The summed E-state index contributed by atoms with van der Waals surface area (Å²) >= 11 is 0. The fourth-order valence-electron chi connectivity index (χ4n) is 2.05.